The van der Waals surface area contributed by atoms with Gasteiger partial charge in [-0.05, 0) is 52.0 Å². The van der Waals surface area contributed by atoms with Crippen LogP contribution in [0.2, 0.25) is 0 Å². The number of piperidine rings is 1. The Morgan fingerprint density at radius 2 is 2.19 bits per heavy atom. The zero-order valence-electron chi connectivity index (χ0n) is 10.4. The summed E-state index contributed by atoms with van der Waals surface area (Å²) in [7, 11) is 0. The molecule has 1 aliphatic heterocycles. The Bertz CT molecular complexity index is 253. The van der Waals surface area contributed by atoms with Gasteiger partial charge >= 0.3 is 6.09 Å². The fourth-order valence-corrected chi connectivity index (χ4v) is 2.78. The number of amides is 1. The minimum absolute atomic E-state index is 0.293. The van der Waals surface area contributed by atoms with Crippen molar-refractivity contribution >= 4 is 6.09 Å². The fraction of sp³-hybridized carbons (Fsp3) is 0.917. The van der Waals surface area contributed by atoms with Crippen LogP contribution in [0.25, 0.3) is 0 Å². The van der Waals surface area contributed by atoms with Crippen LogP contribution in [0.4, 0.5) is 4.79 Å². The third-order valence-corrected chi connectivity index (χ3v) is 3.49. The maximum absolute atomic E-state index is 11.5. The molecule has 1 heterocycles. The monoisotopic (exact) mass is 226 g/mol. The van der Waals surface area contributed by atoms with Crippen molar-refractivity contribution in [1.29, 1.82) is 0 Å². The van der Waals surface area contributed by atoms with Crippen molar-refractivity contribution in [3.63, 3.8) is 0 Å². The minimum Gasteiger partial charge on any atom is -0.444 e. The van der Waals surface area contributed by atoms with E-state index in [1.165, 1.54) is 12.8 Å². The summed E-state index contributed by atoms with van der Waals surface area (Å²) in [5, 5.41) is 6.37. The molecule has 4 heteroatoms. The van der Waals surface area contributed by atoms with Crippen molar-refractivity contribution in [2.24, 2.45) is 11.8 Å². The smallest absolute Gasteiger partial charge is 0.407 e. The Morgan fingerprint density at radius 1 is 1.44 bits per heavy atom. The van der Waals surface area contributed by atoms with Gasteiger partial charge in [0.15, 0.2) is 0 Å². The molecule has 2 aliphatic rings. The molecule has 1 saturated carbocycles. The molecule has 16 heavy (non-hydrogen) atoms. The number of rotatable bonds is 2. The van der Waals surface area contributed by atoms with E-state index in [1.807, 2.05) is 20.8 Å². The number of carbonyl (C=O) groups is 1. The third-order valence-electron chi connectivity index (χ3n) is 3.49. The number of alkyl carbamates (subject to hydrolysis) is 1. The standard InChI is InChI=1S/C12H22N2O2/c1-12(2,3)16-11(15)14-7-9-8-4-5-10(9)13-6-8/h8-10,13H,4-7H2,1-3H3,(H,14,15). The van der Waals surface area contributed by atoms with Gasteiger partial charge in [0.25, 0.3) is 0 Å². The topological polar surface area (TPSA) is 50.4 Å². The molecule has 4 nitrogen and oxygen atoms in total. The number of ether oxygens (including phenoxy) is 1. The van der Waals surface area contributed by atoms with E-state index < -0.39 is 5.60 Å². The molecule has 2 rings (SSSR count). The van der Waals surface area contributed by atoms with Crippen molar-refractivity contribution < 1.29 is 9.53 Å². The summed E-state index contributed by atoms with van der Waals surface area (Å²) in [5.74, 6) is 1.35. The van der Waals surface area contributed by atoms with E-state index in [9.17, 15) is 4.79 Å². The first-order valence-corrected chi connectivity index (χ1v) is 6.16. The highest BCUT2D eigenvalue weighted by Gasteiger charge is 2.41. The van der Waals surface area contributed by atoms with Crippen molar-refractivity contribution in [3.8, 4) is 0 Å². The molecule has 1 aliphatic carbocycles. The maximum Gasteiger partial charge on any atom is 0.407 e. The summed E-state index contributed by atoms with van der Waals surface area (Å²) in [6.45, 7) is 7.51. The van der Waals surface area contributed by atoms with Crippen LogP contribution in [0.15, 0.2) is 0 Å². The van der Waals surface area contributed by atoms with Gasteiger partial charge in [-0.25, -0.2) is 4.79 Å². The highest BCUT2D eigenvalue weighted by molar-refractivity contribution is 5.67. The molecule has 0 aromatic heterocycles. The second kappa shape index (κ2) is 4.24. The SMILES string of the molecule is CC(C)(C)OC(=O)NCC1C2CCC1NC2. The summed E-state index contributed by atoms with van der Waals surface area (Å²) in [6, 6.07) is 0.611. The predicted octanol–water partition coefficient (Wildman–Crippen LogP) is 1.51. The summed E-state index contributed by atoms with van der Waals surface area (Å²) in [6.07, 6.45) is 2.27. The molecule has 2 bridgehead atoms. The molecule has 3 atom stereocenters. The summed E-state index contributed by atoms with van der Waals surface area (Å²) in [5.41, 5.74) is -0.406. The second-order valence-electron chi connectivity index (χ2n) is 5.90. The molecular formula is C12H22N2O2. The van der Waals surface area contributed by atoms with Crippen LogP contribution >= 0.6 is 0 Å². The van der Waals surface area contributed by atoms with E-state index in [-0.39, 0.29) is 6.09 Å². The zero-order chi connectivity index (χ0) is 11.8. The van der Waals surface area contributed by atoms with Crippen LogP contribution in [0.1, 0.15) is 33.6 Å². The van der Waals surface area contributed by atoms with Crippen molar-refractivity contribution in [3.05, 3.63) is 0 Å². The van der Waals surface area contributed by atoms with Crippen LogP contribution in [-0.4, -0.2) is 30.8 Å². The molecule has 2 N–H and O–H groups in total. The van der Waals surface area contributed by atoms with E-state index in [2.05, 4.69) is 10.6 Å². The summed E-state index contributed by atoms with van der Waals surface area (Å²) >= 11 is 0. The van der Waals surface area contributed by atoms with Gasteiger partial charge in [0, 0.05) is 12.6 Å². The highest BCUT2D eigenvalue weighted by Crippen LogP contribution is 2.36. The Morgan fingerprint density at radius 3 is 2.62 bits per heavy atom. The Labute approximate surface area is 97.1 Å². The maximum atomic E-state index is 11.5. The van der Waals surface area contributed by atoms with Crippen LogP contribution in [0.3, 0.4) is 0 Å². The molecule has 0 radical (unpaired) electrons. The Balaban J connectivity index is 1.74. The van der Waals surface area contributed by atoms with Crippen LogP contribution in [-0.2, 0) is 4.74 Å². The Kier molecular flexibility index (Phi) is 3.10. The third kappa shape index (κ3) is 2.67. The van der Waals surface area contributed by atoms with E-state index in [0.29, 0.717) is 12.0 Å². The van der Waals surface area contributed by atoms with Crippen molar-refractivity contribution in [1.82, 2.24) is 10.6 Å². The molecule has 92 valence electrons. The molecule has 1 saturated heterocycles. The van der Waals surface area contributed by atoms with Gasteiger partial charge in [0.05, 0.1) is 0 Å². The molecule has 0 aromatic carbocycles. The number of fused-ring (bicyclic) bond motifs is 2. The molecule has 0 aromatic rings. The average Bonchev–Trinajstić information content (AvgIpc) is 2.70. The molecule has 0 spiro atoms. The number of hydrogen-bond acceptors (Lipinski definition) is 3. The first kappa shape index (κ1) is 11.7. The fourth-order valence-electron chi connectivity index (χ4n) is 2.78. The molecule has 2 fully saturated rings. The van der Waals surface area contributed by atoms with Gasteiger partial charge < -0.3 is 15.4 Å². The zero-order valence-corrected chi connectivity index (χ0v) is 10.4. The summed E-state index contributed by atoms with van der Waals surface area (Å²) in [4.78, 5) is 11.5. The largest absolute Gasteiger partial charge is 0.444 e. The average molecular weight is 226 g/mol. The van der Waals surface area contributed by atoms with E-state index in [1.54, 1.807) is 0 Å². The van der Waals surface area contributed by atoms with Crippen LogP contribution in [0, 0.1) is 11.8 Å². The van der Waals surface area contributed by atoms with E-state index in [4.69, 9.17) is 4.74 Å². The Hall–Kier alpha value is -0.770. The van der Waals surface area contributed by atoms with Crippen LogP contribution < -0.4 is 10.6 Å². The first-order chi connectivity index (χ1) is 7.46. The van der Waals surface area contributed by atoms with E-state index in [0.717, 1.165) is 19.0 Å². The molecule has 3 unspecified atom stereocenters. The number of carbonyl (C=O) groups excluding carboxylic acids is 1. The lowest BCUT2D eigenvalue weighted by molar-refractivity contribution is 0.0517. The van der Waals surface area contributed by atoms with Crippen LogP contribution in [0.5, 0.6) is 0 Å². The first-order valence-electron chi connectivity index (χ1n) is 6.16. The van der Waals surface area contributed by atoms with Gasteiger partial charge in [-0.1, -0.05) is 0 Å². The van der Waals surface area contributed by atoms with Gasteiger partial charge in [0.2, 0.25) is 0 Å². The molecule has 1 amide bonds. The summed E-state index contributed by atoms with van der Waals surface area (Å²) < 4.78 is 5.22. The van der Waals surface area contributed by atoms with E-state index >= 15 is 0 Å². The molecular weight excluding hydrogens is 204 g/mol. The van der Waals surface area contributed by atoms with Crippen molar-refractivity contribution in [2.75, 3.05) is 13.1 Å². The lowest BCUT2D eigenvalue weighted by atomic mass is 9.98. The number of hydrogen-bond donors (Lipinski definition) is 2. The minimum atomic E-state index is -0.406. The van der Waals surface area contributed by atoms with Crippen molar-refractivity contribution in [2.45, 2.75) is 45.3 Å². The van der Waals surface area contributed by atoms with Gasteiger partial charge in [-0.15, -0.1) is 0 Å². The predicted molar refractivity (Wildman–Crippen MR) is 62.2 cm³/mol. The lowest BCUT2D eigenvalue weighted by Crippen LogP contribution is -2.37. The van der Waals surface area contributed by atoms with Gasteiger partial charge in [0.1, 0.15) is 5.60 Å². The van der Waals surface area contributed by atoms with Gasteiger partial charge in [-0.3, -0.25) is 0 Å². The number of nitrogens with one attached hydrogen (secondary N) is 2. The lowest BCUT2D eigenvalue weighted by Gasteiger charge is -2.21. The normalized spacial score (nSPS) is 32.8. The van der Waals surface area contributed by atoms with Gasteiger partial charge in [-0.2, -0.15) is 0 Å². The highest BCUT2D eigenvalue weighted by atomic mass is 16.6. The second-order valence-corrected chi connectivity index (χ2v) is 5.90. The quantitative estimate of drug-likeness (QED) is 0.750.